The second-order valence-electron chi connectivity index (χ2n) is 5.93. The minimum absolute atomic E-state index is 0.0907. The Hall–Kier alpha value is -4.01. The lowest BCUT2D eigenvalue weighted by Crippen LogP contribution is -2.54. The van der Waals surface area contributed by atoms with E-state index < -0.39 is 17.8 Å². The van der Waals surface area contributed by atoms with Crippen LogP contribution in [0.1, 0.15) is 5.56 Å². The number of nitrogens with zero attached hydrogens (tertiary/aromatic N) is 1. The van der Waals surface area contributed by atoms with Crippen molar-refractivity contribution in [3.05, 3.63) is 47.5 Å². The van der Waals surface area contributed by atoms with Gasteiger partial charge in [0.1, 0.15) is 17.1 Å². The highest BCUT2D eigenvalue weighted by Crippen LogP contribution is 2.35. The smallest absolute Gasteiger partial charge is 0.336 e. The molecular weight excluding hydrogens is 380 g/mol. The van der Waals surface area contributed by atoms with Crippen molar-refractivity contribution in [3.8, 4) is 23.0 Å². The van der Waals surface area contributed by atoms with Crippen molar-refractivity contribution in [3.63, 3.8) is 0 Å². The topological polar surface area (TPSA) is 114 Å². The van der Waals surface area contributed by atoms with Crippen molar-refractivity contribution >= 4 is 29.6 Å². The molecule has 2 N–H and O–H groups in total. The molecule has 29 heavy (non-hydrogen) atoms. The molecule has 0 unspecified atom stereocenters. The van der Waals surface area contributed by atoms with Gasteiger partial charge in [0, 0.05) is 6.07 Å². The van der Waals surface area contributed by atoms with E-state index >= 15 is 0 Å². The number of carbonyl (C=O) groups excluding carboxylic acids is 3. The van der Waals surface area contributed by atoms with Gasteiger partial charge in [-0.25, -0.2) is 9.69 Å². The highest BCUT2D eigenvalue weighted by atomic mass is 16.5. The van der Waals surface area contributed by atoms with Crippen LogP contribution in [0.15, 0.2) is 42.0 Å². The second kappa shape index (κ2) is 7.93. The zero-order valence-electron chi connectivity index (χ0n) is 15.9. The molecule has 0 bridgehead atoms. The molecule has 0 aromatic heterocycles. The number of rotatable bonds is 5. The summed E-state index contributed by atoms with van der Waals surface area (Å²) in [6.45, 7) is 0. The Morgan fingerprint density at radius 2 is 1.66 bits per heavy atom. The summed E-state index contributed by atoms with van der Waals surface area (Å²) in [6, 6.07) is 8.01. The van der Waals surface area contributed by atoms with Crippen LogP contribution in [0, 0.1) is 0 Å². The highest BCUT2D eigenvalue weighted by Gasteiger charge is 2.38. The predicted molar refractivity (Wildman–Crippen MR) is 103 cm³/mol. The number of methoxy groups -OCH3 is 3. The van der Waals surface area contributed by atoms with Crippen LogP contribution in [0.3, 0.4) is 0 Å². The van der Waals surface area contributed by atoms with Crippen molar-refractivity contribution < 1.29 is 33.7 Å². The number of urea groups is 1. The molecule has 1 fully saturated rings. The number of phenols is 1. The molecule has 9 heteroatoms. The zero-order chi connectivity index (χ0) is 21.1. The van der Waals surface area contributed by atoms with E-state index in [2.05, 4.69) is 5.32 Å². The molecule has 0 spiro atoms. The minimum atomic E-state index is -0.910. The van der Waals surface area contributed by atoms with E-state index in [0.717, 1.165) is 4.90 Å². The lowest BCUT2D eigenvalue weighted by Gasteiger charge is -2.27. The number of phenolic OH excluding ortho intramolecular Hbond substituents is 1. The number of carbonyl (C=O) groups is 3. The van der Waals surface area contributed by atoms with Gasteiger partial charge in [-0.1, -0.05) is 6.07 Å². The van der Waals surface area contributed by atoms with Crippen molar-refractivity contribution in [2.45, 2.75) is 0 Å². The Kier molecular flexibility index (Phi) is 5.40. The number of amides is 4. The fourth-order valence-electron chi connectivity index (χ4n) is 2.80. The molecular formula is C20H18N2O7. The molecule has 1 heterocycles. The molecule has 0 radical (unpaired) electrons. The number of hydrogen-bond acceptors (Lipinski definition) is 7. The molecule has 1 aliphatic rings. The van der Waals surface area contributed by atoms with Crippen molar-refractivity contribution in [1.29, 1.82) is 0 Å². The van der Waals surface area contributed by atoms with Gasteiger partial charge in [-0.3, -0.25) is 14.9 Å². The zero-order valence-corrected chi connectivity index (χ0v) is 15.9. The summed E-state index contributed by atoms with van der Waals surface area (Å²) in [4.78, 5) is 38.6. The van der Waals surface area contributed by atoms with Crippen LogP contribution in [-0.4, -0.2) is 44.3 Å². The Labute approximate surface area is 166 Å². The van der Waals surface area contributed by atoms with Gasteiger partial charge in [-0.15, -0.1) is 0 Å². The normalized spacial score (nSPS) is 15.3. The van der Waals surface area contributed by atoms with E-state index in [4.69, 9.17) is 14.2 Å². The third-order valence-electron chi connectivity index (χ3n) is 4.24. The molecule has 4 amide bonds. The van der Waals surface area contributed by atoms with Crippen LogP contribution < -0.4 is 24.4 Å². The van der Waals surface area contributed by atoms with Gasteiger partial charge in [0.2, 0.25) is 0 Å². The van der Waals surface area contributed by atoms with E-state index in [9.17, 15) is 19.5 Å². The van der Waals surface area contributed by atoms with Gasteiger partial charge in [-0.05, 0) is 35.9 Å². The minimum Gasteiger partial charge on any atom is -0.504 e. The first-order valence-electron chi connectivity index (χ1n) is 8.40. The maximum Gasteiger partial charge on any atom is 0.336 e. The van der Waals surface area contributed by atoms with Gasteiger partial charge in [0.25, 0.3) is 11.8 Å². The number of hydrogen-bond donors (Lipinski definition) is 2. The van der Waals surface area contributed by atoms with Crippen molar-refractivity contribution in [2.75, 3.05) is 26.2 Å². The van der Waals surface area contributed by atoms with Crippen LogP contribution in [0.5, 0.6) is 23.0 Å². The fourth-order valence-corrected chi connectivity index (χ4v) is 2.80. The van der Waals surface area contributed by atoms with E-state index in [0.29, 0.717) is 11.3 Å². The first kappa shape index (κ1) is 19.7. The first-order valence-corrected chi connectivity index (χ1v) is 8.40. The SMILES string of the molecule is COc1ccc(OC)c(N2C(=O)NC(=O)/C(=C/c3ccc(O)c(OC)c3)C2=O)c1. The Balaban J connectivity index is 2.07. The summed E-state index contributed by atoms with van der Waals surface area (Å²) in [5, 5.41) is 11.8. The van der Waals surface area contributed by atoms with Gasteiger partial charge in [-0.2, -0.15) is 0 Å². The van der Waals surface area contributed by atoms with Gasteiger partial charge in [0.15, 0.2) is 11.5 Å². The summed E-state index contributed by atoms with van der Waals surface area (Å²) in [5.74, 6) is -0.957. The van der Waals surface area contributed by atoms with Crippen molar-refractivity contribution in [2.24, 2.45) is 0 Å². The number of benzene rings is 2. The fraction of sp³-hybridized carbons (Fsp3) is 0.150. The number of nitrogens with one attached hydrogen (secondary N) is 1. The largest absolute Gasteiger partial charge is 0.504 e. The average Bonchev–Trinajstić information content (AvgIpc) is 2.71. The van der Waals surface area contributed by atoms with Crippen molar-refractivity contribution in [1.82, 2.24) is 5.32 Å². The Morgan fingerprint density at radius 1 is 0.931 bits per heavy atom. The second-order valence-corrected chi connectivity index (χ2v) is 5.93. The molecule has 150 valence electrons. The number of barbiturate groups is 1. The molecule has 3 rings (SSSR count). The first-order chi connectivity index (χ1) is 13.9. The van der Waals surface area contributed by atoms with Gasteiger partial charge < -0.3 is 19.3 Å². The molecule has 2 aromatic rings. The van der Waals surface area contributed by atoms with E-state index in [1.54, 1.807) is 12.1 Å². The van der Waals surface area contributed by atoms with Gasteiger partial charge in [0.05, 0.1) is 27.0 Å². The third kappa shape index (κ3) is 3.70. The summed E-state index contributed by atoms with van der Waals surface area (Å²) < 4.78 is 15.4. The predicted octanol–water partition coefficient (Wildman–Crippen LogP) is 2.08. The van der Waals surface area contributed by atoms with Crippen LogP contribution in [0.25, 0.3) is 6.08 Å². The maximum absolute atomic E-state index is 13.0. The summed E-state index contributed by atoms with van der Waals surface area (Å²) in [5.41, 5.74) is 0.267. The maximum atomic E-state index is 13.0. The molecule has 0 aliphatic carbocycles. The van der Waals surface area contributed by atoms with Crippen LogP contribution in [0.2, 0.25) is 0 Å². The number of anilines is 1. The molecule has 9 nitrogen and oxygen atoms in total. The van der Waals surface area contributed by atoms with E-state index in [-0.39, 0.29) is 28.5 Å². The third-order valence-corrected chi connectivity index (χ3v) is 4.24. The standard InChI is InChI=1S/C20H18N2O7/c1-27-12-5-7-16(28-2)14(10-12)22-19(25)13(18(24)21-20(22)26)8-11-4-6-15(23)17(9-11)29-3/h4-10,23H,1-3H3,(H,21,24,26)/b13-8-. The number of aromatic hydroxyl groups is 1. The lowest BCUT2D eigenvalue weighted by atomic mass is 10.1. The number of ether oxygens (including phenoxy) is 3. The van der Waals surface area contributed by atoms with Crippen LogP contribution in [-0.2, 0) is 9.59 Å². The molecule has 2 aromatic carbocycles. The van der Waals surface area contributed by atoms with E-state index in [1.807, 2.05) is 0 Å². The van der Waals surface area contributed by atoms with Gasteiger partial charge >= 0.3 is 6.03 Å². The summed E-state index contributed by atoms with van der Waals surface area (Å²) >= 11 is 0. The lowest BCUT2D eigenvalue weighted by molar-refractivity contribution is -0.122. The molecule has 1 saturated heterocycles. The quantitative estimate of drug-likeness (QED) is 0.585. The van der Waals surface area contributed by atoms with Crippen LogP contribution >= 0.6 is 0 Å². The van der Waals surface area contributed by atoms with Crippen LogP contribution in [0.4, 0.5) is 10.5 Å². The number of imide groups is 2. The molecule has 0 saturated carbocycles. The monoisotopic (exact) mass is 398 g/mol. The Bertz CT molecular complexity index is 1030. The average molecular weight is 398 g/mol. The summed E-state index contributed by atoms with van der Waals surface area (Å²) in [7, 11) is 4.21. The summed E-state index contributed by atoms with van der Waals surface area (Å²) in [6.07, 6.45) is 1.30. The molecule has 1 aliphatic heterocycles. The molecule has 0 atom stereocenters. The van der Waals surface area contributed by atoms with E-state index in [1.165, 1.54) is 51.7 Å². The Morgan fingerprint density at radius 3 is 2.31 bits per heavy atom. The highest BCUT2D eigenvalue weighted by molar-refractivity contribution is 6.39.